The molecule has 0 unspecified atom stereocenters. The number of benzene rings is 2. The molecule has 126 valence electrons. The van der Waals surface area contributed by atoms with Gasteiger partial charge in [-0.25, -0.2) is 0 Å². The van der Waals surface area contributed by atoms with E-state index in [1.165, 1.54) is 0 Å². The van der Waals surface area contributed by atoms with Crippen LogP contribution >= 0.6 is 0 Å². The minimum Gasteiger partial charge on any atom is -0.319 e. The molecule has 0 spiro atoms. The Hall–Kier alpha value is -3.78. The third-order valence-electron chi connectivity index (χ3n) is 3.84. The molecule has 3 rings (SSSR count). The van der Waals surface area contributed by atoms with Gasteiger partial charge in [-0.2, -0.15) is 9.83 Å². The smallest absolute Gasteiger partial charge is 0.290 e. The molecule has 0 saturated carbocycles. The number of pyridine rings is 1. The molecule has 0 aliphatic rings. The fraction of sp³-hybridized carbons (Fsp3) is 0.0476. The highest BCUT2D eigenvalue weighted by atomic mass is 16.2. The topological polar surface area (TPSA) is 73.8 Å². The summed E-state index contributed by atoms with van der Waals surface area (Å²) in [6.07, 6.45) is 3.37. The number of amides is 1. The molecule has 1 N–H and O–H groups in total. The fourth-order valence-electron chi connectivity index (χ4n) is 2.52. The zero-order chi connectivity index (χ0) is 18.4. The van der Waals surface area contributed by atoms with Crippen LogP contribution in [0.4, 0.5) is 5.69 Å². The van der Waals surface area contributed by atoms with Crippen LogP contribution in [0.25, 0.3) is 0 Å². The molecular weight excluding hydrogens is 326 g/mol. The summed E-state index contributed by atoms with van der Waals surface area (Å²) in [6, 6.07) is 21.3. The number of nitrogens with one attached hydrogen (secondary N) is 1. The van der Waals surface area contributed by atoms with E-state index in [0.29, 0.717) is 22.4 Å². The van der Waals surface area contributed by atoms with Crippen molar-refractivity contribution in [3.8, 4) is 6.07 Å². The van der Waals surface area contributed by atoms with Crippen LogP contribution < -0.4 is 9.88 Å². The number of carbonyl (C=O) groups excluding carboxylic acids is 2. The Kier molecular flexibility index (Phi) is 5.16. The molecule has 0 saturated heterocycles. The van der Waals surface area contributed by atoms with E-state index in [1.54, 1.807) is 65.5 Å². The number of carbonyl (C=O) groups is 2. The Labute approximate surface area is 151 Å². The van der Waals surface area contributed by atoms with E-state index in [2.05, 4.69) is 5.32 Å². The standard InChI is InChI=1S/C21H15N3O2/c22-14-18-8-4-5-9-19(18)23-20(25)15-24-12-10-17(11-13-24)21(26)16-6-2-1-3-7-16/h1-13H,15H2/p+1. The number of hydrogen-bond acceptors (Lipinski definition) is 3. The van der Waals surface area contributed by atoms with Gasteiger partial charge in [-0.3, -0.25) is 9.59 Å². The van der Waals surface area contributed by atoms with Crippen LogP contribution in [0.5, 0.6) is 0 Å². The maximum atomic E-state index is 12.4. The maximum absolute atomic E-state index is 12.4. The van der Waals surface area contributed by atoms with E-state index in [0.717, 1.165) is 0 Å². The van der Waals surface area contributed by atoms with Crippen molar-refractivity contribution >= 4 is 17.4 Å². The summed E-state index contributed by atoms with van der Waals surface area (Å²) in [5, 5.41) is 11.8. The first-order valence-corrected chi connectivity index (χ1v) is 8.05. The lowest BCUT2D eigenvalue weighted by Gasteiger charge is -2.05. The Morgan fingerprint density at radius 1 is 0.885 bits per heavy atom. The van der Waals surface area contributed by atoms with E-state index in [4.69, 9.17) is 5.26 Å². The lowest BCUT2D eigenvalue weighted by Crippen LogP contribution is -2.39. The van der Waals surface area contributed by atoms with Gasteiger partial charge in [-0.1, -0.05) is 42.5 Å². The first-order valence-electron chi connectivity index (χ1n) is 8.05. The molecule has 1 aromatic heterocycles. The quantitative estimate of drug-likeness (QED) is 0.572. The zero-order valence-corrected chi connectivity index (χ0v) is 13.9. The second-order valence-corrected chi connectivity index (χ2v) is 5.66. The Morgan fingerprint density at radius 3 is 2.19 bits per heavy atom. The molecule has 0 aliphatic carbocycles. The maximum Gasteiger partial charge on any atom is 0.290 e. The molecule has 3 aromatic rings. The van der Waals surface area contributed by atoms with Gasteiger partial charge < -0.3 is 5.32 Å². The number of rotatable bonds is 5. The van der Waals surface area contributed by atoms with Crippen LogP contribution in [0.3, 0.4) is 0 Å². The highest BCUT2D eigenvalue weighted by molar-refractivity contribution is 6.08. The molecule has 5 nitrogen and oxygen atoms in total. The first kappa shape index (κ1) is 17.1. The zero-order valence-electron chi connectivity index (χ0n) is 13.9. The first-order chi connectivity index (χ1) is 12.7. The van der Waals surface area contributed by atoms with E-state index in [1.807, 2.05) is 24.3 Å². The predicted octanol–water partition coefficient (Wildman–Crippen LogP) is 2.72. The third-order valence-corrected chi connectivity index (χ3v) is 3.84. The molecule has 0 fully saturated rings. The molecular formula is C21H16N3O2+. The minimum absolute atomic E-state index is 0.0647. The van der Waals surface area contributed by atoms with Crippen molar-refractivity contribution in [3.63, 3.8) is 0 Å². The van der Waals surface area contributed by atoms with Crippen LogP contribution in [-0.4, -0.2) is 11.7 Å². The molecule has 1 amide bonds. The van der Waals surface area contributed by atoms with Crippen LogP contribution in [0.15, 0.2) is 79.1 Å². The predicted molar refractivity (Wildman–Crippen MR) is 96.3 cm³/mol. The SMILES string of the molecule is N#Cc1ccccc1NC(=O)C[n+]1ccc(C(=O)c2ccccc2)cc1. The number of nitrogens with zero attached hydrogens (tertiary/aromatic N) is 2. The van der Waals surface area contributed by atoms with Crippen molar-refractivity contribution in [1.29, 1.82) is 5.26 Å². The lowest BCUT2D eigenvalue weighted by molar-refractivity contribution is -0.684. The van der Waals surface area contributed by atoms with Crippen LogP contribution in [0, 0.1) is 11.3 Å². The number of ketones is 1. The highest BCUT2D eigenvalue weighted by Gasteiger charge is 2.14. The summed E-state index contributed by atoms with van der Waals surface area (Å²) in [4.78, 5) is 24.6. The van der Waals surface area contributed by atoms with Gasteiger partial charge in [-0.15, -0.1) is 0 Å². The van der Waals surface area contributed by atoms with Gasteiger partial charge in [0.2, 0.25) is 6.54 Å². The van der Waals surface area contributed by atoms with E-state index in [9.17, 15) is 9.59 Å². The Morgan fingerprint density at radius 2 is 1.50 bits per heavy atom. The van der Waals surface area contributed by atoms with E-state index in [-0.39, 0.29) is 18.2 Å². The number of anilines is 1. The molecule has 0 aliphatic heterocycles. The minimum atomic E-state index is -0.250. The molecule has 5 heteroatoms. The van der Waals surface area contributed by atoms with Crippen LogP contribution in [0.2, 0.25) is 0 Å². The van der Waals surface area contributed by atoms with Gasteiger partial charge in [0.25, 0.3) is 5.91 Å². The van der Waals surface area contributed by atoms with Gasteiger partial charge in [-0.05, 0) is 12.1 Å². The third kappa shape index (κ3) is 4.00. The summed E-state index contributed by atoms with van der Waals surface area (Å²) in [5.41, 5.74) is 2.07. The second-order valence-electron chi connectivity index (χ2n) is 5.66. The van der Waals surface area contributed by atoms with Crippen molar-refractivity contribution in [1.82, 2.24) is 0 Å². The van der Waals surface area contributed by atoms with Gasteiger partial charge in [0.1, 0.15) is 6.07 Å². The summed E-state index contributed by atoms with van der Waals surface area (Å²) in [5.74, 6) is -0.315. The van der Waals surface area contributed by atoms with Crippen LogP contribution in [-0.2, 0) is 11.3 Å². The molecule has 0 atom stereocenters. The summed E-state index contributed by atoms with van der Waals surface area (Å²) < 4.78 is 1.67. The molecule has 2 aromatic carbocycles. The summed E-state index contributed by atoms with van der Waals surface area (Å²) in [6.45, 7) is 0.0829. The van der Waals surface area contributed by atoms with Crippen molar-refractivity contribution < 1.29 is 14.2 Å². The average Bonchev–Trinajstić information content (AvgIpc) is 2.69. The number of para-hydroxylation sites is 1. The van der Waals surface area contributed by atoms with E-state index < -0.39 is 0 Å². The summed E-state index contributed by atoms with van der Waals surface area (Å²) in [7, 11) is 0. The van der Waals surface area contributed by atoms with Crippen LogP contribution in [0.1, 0.15) is 21.5 Å². The van der Waals surface area contributed by atoms with E-state index >= 15 is 0 Å². The second kappa shape index (κ2) is 7.86. The highest BCUT2D eigenvalue weighted by Crippen LogP contribution is 2.13. The molecule has 1 heterocycles. The molecule has 0 bridgehead atoms. The van der Waals surface area contributed by atoms with Crippen molar-refractivity contribution in [2.45, 2.75) is 6.54 Å². The fourth-order valence-corrected chi connectivity index (χ4v) is 2.52. The molecule has 26 heavy (non-hydrogen) atoms. The molecule has 0 radical (unpaired) electrons. The van der Waals surface area contributed by atoms with Crippen molar-refractivity contribution in [2.24, 2.45) is 0 Å². The largest absolute Gasteiger partial charge is 0.319 e. The Bertz CT molecular complexity index is 974. The summed E-state index contributed by atoms with van der Waals surface area (Å²) >= 11 is 0. The van der Waals surface area contributed by atoms with Gasteiger partial charge >= 0.3 is 0 Å². The normalized spacial score (nSPS) is 9.96. The van der Waals surface area contributed by atoms with Crippen molar-refractivity contribution in [3.05, 3.63) is 95.8 Å². The van der Waals surface area contributed by atoms with Gasteiger partial charge in [0, 0.05) is 23.3 Å². The monoisotopic (exact) mass is 342 g/mol. The average molecular weight is 342 g/mol. The van der Waals surface area contributed by atoms with Gasteiger partial charge in [0.05, 0.1) is 11.3 Å². The number of nitriles is 1. The number of aromatic nitrogens is 1. The number of hydrogen-bond donors (Lipinski definition) is 1. The Balaban J connectivity index is 1.67. The van der Waals surface area contributed by atoms with Crippen molar-refractivity contribution in [2.75, 3.05) is 5.32 Å². The van der Waals surface area contributed by atoms with Gasteiger partial charge in [0.15, 0.2) is 18.2 Å². The lowest BCUT2D eigenvalue weighted by atomic mass is 10.0.